The molecule has 0 saturated carbocycles. The van der Waals surface area contributed by atoms with Crippen LogP contribution in [0, 0.1) is 5.92 Å². The van der Waals surface area contributed by atoms with Gasteiger partial charge in [0.05, 0.1) is 0 Å². The van der Waals surface area contributed by atoms with Crippen molar-refractivity contribution in [2.45, 2.75) is 32.5 Å². The summed E-state index contributed by atoms with van der Waals surface area (Å²) in [5.74, 6) is 0.818. The number of hydrogen-bond acceptors (Lipinski definition) is 2. The monoisotopic (exact) mass is 187 g/mol. The Balaban J connectivity index is 2.13. The smallest absolute Gasteiger partial charge is 0.183 e. The summed E-state index contributed by atoms with van der Waals surface area (Å²) in [5.41, 5.74) is 0. The van der Waals surface area contributed by atoms with E-state index in [-0.39, 0.29) is 0 Å². The van der Waals surface area contributed by atoms with Gasteiger partial charge in [-0.05, 0) is 51.5 Å². The van der Waals surface area contributed by atoms with Gasteiger partial charge in [0, 0.05) is 6.61 Å². The minimum Gasteiger partial charge on any atom is -0.417 e. The van der Waals surface area contributed by atoms with E-state index in [1.54, 1.807) is 0 Å². The van der Waals surface area contributed by atoms with Crippen LogP contribution in [0.3, 0.4) is 0 Å². The van der Waals surface area contributed by atoms with Crippen LogP contribution in [-0.4, -0.2) is 28.0 Å². The Hall–Kier alpha value is 0.137. The number of rotatable bonds is 3. The highest BCUT2D eigenvalue weighted by Crippen LogP contribution is 2.14. The maximum atomic E-state index is 5.88. The van der Waals surface area contributed by atoms with Crippen LogP contribution in [0.15, 0.2) is 0 Å². The van der Waals surface area contributed by atoms with Gasteiger partial charge in [-0.2, -0.15) is 0 Å². The third kappa shape index (κ3) is 4.23. The van der Waals surface area contributed by atoms with Crippen LogP contribution in [0.5, 0.6) is 0 Å². The van der Waals surface area contributed by atoms with Crippen LogP contribution in [0.2, 0.25) is 19.6 Å². The van der Waals surface area contributed by atoms with Gasteiger partial charge < -0.3 is 9.74 Å². The molecule has 0 aromatic rings. The summed E-state index contributed by atoms with van der Waals surface area (Å²) < 4.78 is 5.88. The Morgan fingerprint density at radius 1 is 1.25 bits per heavy atom. The maximum absolute atomic E-state index is 5.88. The first-order valence-electron chi connectivity index (χ1n) is 4.92. The van der Waals surface area contributed by atoms with Crippen molar-refractivity contribution in [3.05, 3.63) is 0 Å². The van der Waals surface area contributed by atoms with Crippen LogP contribution in [0.25, 0.3) is 0 Å². The molecule has 1 aliphatic heterocycles. The Bertz CT molecular complexity index is 127. The Kier molecular flexibility index (Phi) is 3.74. The lowest BCUT2D eigenvalue weighted by Crippen LogP contribution is -2.34. The van der Waals surface area contributed by atoms with Crippen molar-refractivity contribution < 1.29 is 4.43 Å². The van der Waals surface area contributed by atoms with Crippen molar-refractivity contribution in [1.82, 2.24) is 5.32 Å². The SMILES string of the molecule is C[Si](C)(C)OCC1CCNCC1. The molecule has 1 aliphatic rings. The van der Waals surface area contributed by atoms with E-state index in [2.05, 4.69) is 25.0 Å². The van der Waals surface area contributed by atoms with Crippen molar-refractivity contribution in [1.29, 1.82) is 0 Å². The first-order valence-corrected chi connectivity index (χ1v) is 8.33. The van der Waals surface area contributed by atoms with Crippen LogP contribution in [0.4, 0.5) is 0 Å². The van der Waals surface area contributed by atoms with Gasteiger partial charge in [0.25, 0.3) is 0 Å². The molecule has 3 heteroatoms. The second-order valence-electron chi connectivity index (χ2n) is 4.62. The standard InChI is InChI=1S/C9H21NOSi/c1-12(2,3)11-8-9-4-6-10-7-5-9/h9-10H,4-8H2,1-3H3. The van der Waals surface area contributed by atoms with Gasteiger partial charge in [-0.15, -0.1) is 0 Å². The first-order chi connectivity index (χ1) is 5.58. The predicted molar refractivity (Wildman–Crippen MR) is 54.9 cm³/mol. The van der Waals surface area contributed by atoms with E-state index in [0.29, 0.717) is 0 Å². The van der Waals surface area contributed by atoms with E-state index in [0.717, 1.165) is 12.5 Å². The highest BCUT2D eigenvalue weighted by molar-refractivity contribution is 6.69. The lowest BCUT2D eigenvalue weighted by atomic mass is 10.00. The van der Waals surface area contributed by atoms with Gasteiger partial charge in [0.1, 0.15) is 0 Å². The van der Waals surface area contributed by atoms with E-state index in [1.807, 2.05) is 0 Å². The van der Waals surface area contributed by atoms with Crippen LogP contribution in [-0.2, 0) is 4.43 Å². The Morgan fingerprint density at radius 2 is 1.83 bits per heavy atom. The summed E-state index contributed by atoms with van der Waals surface area (Å²) in [6.45, 7) is 10.1. The van der Waals surface area contributed by atoms with Gasteiger partial charge in [0.2, 0.25) is 0 Å². The van der Waals surface area contributed by atoms with Crippen LogP contribution >= 0.6 is 0 Å². The zero-order chi connectivity index (χ0) is 9.03. The van der Waals surface area contributed by atoms with E-state index in [1.165, 1.54) is 25.9 Å². The summed E-state index contributed by atoms with van der Waals surface area (Å²) in [4.78, 5) is 0. The van der Waals surface area contributed by atoms with Gasteiger partial charge in [-0.25, -0.2) is 0 Å². The molecular weight excluding hydrogens is 166 g/mol. The van der Waals surface area contributed by atoms with E-state index in [4.69, 9.17) is 4.43 Å². The van der Waals surface area contributed by atoms with E-state index >= 15 is 0 Å². The largest absolute Gasteiger partial charge is 0.417 e. The molecule has 0 unspecified atom stereocenters. The second kappa shape index (κ2) is 4.39. The molecule has 0 aromatic carbocycles. The Morgan fingerprint density at radius 3 is 2.33 bits per heavy atom. The van der Waals surface area contributed by atoms with E-state index < -0.39 is 8.32 Å². The molecule has 72 valence electrons. The summed E-state index contributed by atoms with van der Waals surface area (Å²) in [6, 6.07) is 0. The first kappa shape index (κ1) is 10.2. The maximum Gasteiger partial charge on any atom is 0.183 e. The quantitative estimate of drug-likeness (QED) is 0.681. The molecule has 2 nitrogen and oxygen atoms in total. The third-order valence-corrected chi connectivity index (χ3v) is 3.24. The molecular formula is C9H21NOSi. The topological polar surface area (TPSA) is 21.3 Å². The number of nitrogens with one attached hydrogen (secondary N) is 1. The van der Waals surface area contributed by atoms with Crippen molar-refractivity contribution >= 4 is 8.32 Å². The lowest BCUT2D eigenvalue weighted by Gasteiger charge is -2.26. The summed E-state index contributed by atoms with van der Waals surface area (Å²) >= 11 is 0. The van der Waals surface area contributed by atoms with Crippen molar-refractivity contribution in [3.63, 3.8) is 0 Å². The summed E-state index contributed by atoms with van der Waals surface area (Å²) in [6.07, 6.45) is 2.59. The highest BCUT2D eigenvalue weighted by atomic mass is 28.4. The van der Waals surface area contributed by atoms with Crippen LogP contribution < -0.4 is 5.32 Å². The lowest BCUT2D eigenvalue weighted by molar-refractivity contribution is 0.210. The van der Waals surface area contributed by atoms with Crippen molar-refractivity contribution in [2.75, 3.05) is 19.7 Å². The molecule has 0 aliphatic carbocycles. The minimum absolute atomic E-state index is 0.818. The van der Waals surface area contributed by atoms with Gasteiger partial charge >= 0.3 is 0 Å². The zero-order valence-corrected chi connectivity index (χ0v) is 9.52. The molecule has 1 fully saturated rings. The molecule has 12 heavy (non-hydrogen) atoms. The molecule has 1 N–H and O–H groups in total. The molecule has 1 rings (SSSR count). The summed E-state index contributed by atoms with van der Waals surface area (Å²) in [7, 11) is -1.26. The molecule has 0 bridgehead atoms. The van der Waals surface area contributed by atoms with Crippen molar-refractivity contribution in [3.8, 4) is 0 Å². The van der Waals surface area contributed by atoms with Crippen molar-refractivity contribution in [2.24, 2.45) is 5.92 Å². The fourth-order valence-electron chi connectivity index (χ4n) is 1.42. The highest BCUT2D eigenvalue weighted by Gasteiger charge is 2.18. The fourth-order valence-corrected chi connectivity index (χ4v) is 2.15. The molecule has 0 radical (unpaired) electrons. The zero-order valence-electron chi connectivity index (χ0n) is 8.52. The van der Waals surface area contributed by atoms with Gasteiger partial charge in [-0.3, -0.25) is 0 Å². The minimum atomic E-state index is -1.26. The average molecular weight is 187 g/mol. The average Bonchev–Trinajstić information content (AvgIpc) is 2.02. The third-order valence-electron chi connectivity index (χ3n) is 2.21. The molecule has 1 heterocycles. The second-order valence-corrected chi connectivity index (χ2v) is 9.13. The molecule has 1 saturated heterocycles. The molecule has 0 aromatic heterocycles. The molecule has 0 spiro atoms. The fraction of sp³-hybridized carbons (Fsp3) is 1.00. The summed E-state index contributed by atoms with van der Waals surface area (Å²) in [5, 5.41) is 3.37. The molecule has 0 atom stereocenters. The normalized spacial score (nSPS) is 21.2. The Labute approximate surface area is 76.8 Å². The van der Waals surface area contributed by atoms with E-state index in [9.17, 15) is 0 Å². The number of piperidine rings is 1. The van der Waals surface area contributed by atoms with Gasteiger partial charge in [0.15, 0.2) is 8.32 Å². The predicted octanol–water partition coefficient (Wildman–Crippen LogP) is 1.84. The number of hydrogen-bond donors (Lipinski definition) is 1. The molecule has 0 amide bonds. The van der Waals surface area contributed by atoms with Crippen LogP contribution in [0.1, 0.15) is 12.8 Å². The van der Waals surface area contributed by atoms with Gasteiger partial charge in [-0.1, -0.05) is 0 Å².